The Bertz CT molecular complexity index is 1140. The molecule has 1 aliphatic rings. The molecule has 0 aliphatic heterocycles. The zero-order valence-corrected chi connectivity index (χ0v) is 16.2. The third kappa shape index (κ3) is 2.81. The van der Waals surface area contributed by atoms with Gasteiger partial charge in [0.05, 0.1) is 11.4 Å². The van der Waals surface area contributed by atoms with Crippen LogP contribution in [0.4, 0.5) is 5.82 Å². The number of aryl methyl sites for hydroxylation is 2. The Morgan fingerprint density at radius 1 is 1.11 bits per heavy atom. The fraction of sp³-hybridized carbons (Fsp3) is 0.350. The lowest BCUT2D eigenvalue weighted by Crippen LogP contribution is -2.00. The zero-order valence-electron chi connectivity index (χ0n) is 16.2. The van der Waals surface area contributed by atoms with Crippen LogP contribution in [0.15, 0.2) is 36.5 Å². The van der Waals surface area contributed by atoms with Crippen molar-refractivity contribution in [2.24, 2.45) is 7.05 Å². The first-order valence-corrected chi connectivity index (χ1v) is 9.57. The Labute approximate surface area is 162 Å². The van der Waals surface area contributed by atoms with Crippen molar-refractivity contribution >= 4 is 11.5 Å². The third-order valence-corrected chi connectivity index (χ3v) is 5.32. The Morgan fingerprint density at radius 2 is 2.00 bits per heavy atom. The molecule has 0 bridgehead atoms. The van der Waals surface area contributed by atoms with Gasteiger partial charge in [0, 0.05) is 25.7 Å². The summed E-state index contributed by atoms with van der Waals surface area (Å²) in [5.41, 5.74) is 5.00. The Hall–Kier alpha value is -3.29. The largest absolute Gasteiger partial charge is 0.370 e. The lowest BCUT2D eigenvalue weighted by Gasteiger charge is -2.03. The van der Waals surface area contributed by atoms with Gasteiger partial charge in [0.2, 0.25) is 0 Å². The van der Waals surface area contributed by atoms with Gasteiger partial charge in [-0.1, -0.05) is 6.07 Å². The molecule has 4 aromatic heterocycles. The molecular formula is C20H22N8. The number of rotatable bonds is 5. The summed E-state index contributed by atoms with van der Waals surface area (Å²) < 4.78 is 3.67. The van der Waals surface area contributed by atoms with E-state index >= 15 is 0 Å². The van der Waals surface area contributed by atoms with Crippen LogP contribution in [0.3, 0.4) is 0 Å². The van der Waals surface area contributed by atoms with Crippen molar-refractivity contribution in [3.8, 4) is 11.4 Å². The van der Waals surface area contributed by atoms with Gasteiger partial charge in [-0.15, -0.1) is 10.2 Å². The van der Waals surface area contributed by atoms with Crippen LogP contribution in [0.5, 0.6) is 0 Å². The number of hydrogen-bond acceptors (Lipinski definition) is 6. The second kappa shape index (κ2) is 6.40. The second-order valence-electron chi connectivity index (χ2n) is 7.27. The standard InChI is InChI=1S/C20H22N8/c1-4-21-19-7-5-13(11-22-19)14-9-15(14)17-10-18(27(3)25-17)16-6-8-20-24-23-12(2)28(20)26-16/h5-8,10-11,14-15H,4,9H2,1-3H3,(H,21,22)/t14-,15+/m0/s1. The summed E-state index contributed by atoms with van der Waals surface area (Å²) >= 11 is 0. The normalized spacial score (nSPS) is 18.5. The number of aromatic nitrogens is 7. The Kier molecular flexibility index (Phi) is 3.85. The number of nitrogens with one attached hydrogen (secondary N) is 1. The number of nitrogens with zero attached hydrogens (tertiary/aromatic N) is 7. The molecule has 5 rings (SSSR count). The van der Waals surface area contributed by atoms with E-state index in [2.05, 4.69) is 50.7 Å². The summed E-state index contributed by atoms with van der Waals surface area (Å²) in [4.78, 5) is 4.50. The summed E-state index contributed by atoms with van der Waals surface area (Å²) in [6.45, 7) is 4.85. The minimum atomic E-state index is 0.437. The average molecular weight is 374 g/mol. The van der Waals surface area contributed by atoms with Crippen LogP contribution < -0.4 is 5.32 Å². The predicted molar refractivity (Wildman–Crippen MR) is 106 cm³/mol. The Morgan fingerprint density at radius 3 is 2.79 bits per heavy atom. The van der Waals surface area contributed by atoms with Gasteiger partial charge in [-0.25, -0.2) is 4.98 Å². The fourth-order valence-corrected chi connectivity index (χ4v) is 3.74. The van der Waals surface area contributed by atoms with E-state index in [0.29, 0.717) is 11.8 Å². The molecule has 1 saturated carbocycles. The summed E-state index contributed by atoms with van der Waals surface area (Å²) in [5.74, 6) is 2.62. The van der Waals surface area contributed by atoms with Crippen molar-refractivity contribution < 1.29 is 0 Å². The lowest BCUT2D eigenvalue weighted by molar-refractivity contribution is 0.741. The van der Waals surface area contributed by atoms with Gasteiger partial charge < -0.3 is 5.32 Å². The molecule has 4 aromatic rings. The SMILES string of the molecule is CCNc1ccc([C@@H]2C[C@H]2c2cc(-c3ccc4nnc(C)n4n3)n(C)n2)cn1. The lowest BCUT2D eigenvalue weighted by atomic mass is 10.1. The van der Waals surface area contributed by atoms with Gasteiger partial charge >= 0.3 is 0 Å². The van der Waals surface area contributed by atoms with Crippen molar-refractivity contribution in [3.63, 3.8) is 0 Å². The van der Waals surface area contributed by atoms with Crippen molar-refractivity contribution in [2.75, 3.05) is 11.9 Å². The Balaban J connectivity index is 1.40. The fourth-order valence-electron chi connectivity index (χ4n) is 3.74. The van der Waals surface area contributed by atoms with E-state index in [1.165, 1.54) is 5.56 Å². The van der Waals surface area contributed by atoms with Crippen LogP contribution >= 0.6 is 0 Å². The molecule has 8 heteroatoms. The highest BCUT2D eigenvalue weighted by Gasteiger charge is 2.41. The highest BCUT2D eigenvalue weighted by molar-refractivity contribution is 5.57. The minimum Gasteiger partial charge on any atom is -0.370 e. The average Bonchev–Trinajstić information content (AvgIpc) is 3.29. The first kappa shape index (κ1) is 16.9. The van der Waals surface area contributed by atoms with Crippen molar-refractivity contribution in [1.29, 1.82) is 0 Å². The number of pyridine rings is 1. The molecule has 142 valence electrons. The van der Waals surface area contributed by atoms with E-state index in [1.807, 2.05) is 37.0 Å². The maximum absolute atomic E-state index is 4.77. The molecule has 0 saturated heterocycles. The van der Waals surface area contributed by atoms with Gasteiger partial charge in [-0.05, 0) is 56.0 Å². The van der Waals surface area contributed by atoms with Crippen molar-refractivity contribution in [1.82, 2.24) is 34.6 Å². The smallest absolute Gasteiger partial charge is 0.177 e. The molecule has 4 heterocycles. The molecule has 0 unspecified atom stereocenters. The summed E-state index contributed by atoms with van der Waals surface area (Å²) in [6.07, 6.45) is 3.09. The third-order valence-electron chi connectivity index (χ3n) is 5.32. The number of fused-ring (bicyclic) bond motifs is 1. The summed E-state index contributed by atoms with van der Waals surface area (Å²) in [6, 6.07) is 10.3. The van der Waals surface area contributed by atoms with Gasteiger partial charge in [0.15, 0.2) is 11.5 Å². The molecule has 2 atom stereocenters. The van der Waals surface area contributed by atoms with Crippen LogP contribution in [0, 0.1) is 6.92 Å². The molecule has 0 amide bonds. The molecule has 0 spiro atoms. The number of hydrogen-bond donors (Lipinski definition) is 1. The molecule has 1 N–H and O–H groups in total. The first-order chi connectivity index (χ1) is 13.6. The quantitative estimate of drug-likeness (QED) is 0.578. The molecular weight excluding hydrogens is 352 g/mol. The predicted octanol–water partition coefficient (Wildman–Crippen LogP) is 2.93. The summed E-state index contributed by atoms with van der Waals surface area (Å²) in [7, 11) is 1.97. The van der Waals surface area contributed by atoms with Crippen LogP contribution in [0.2, 0.25) is 0 Å². The molecule has 1 aliphatic carbocycles. The molecule has 8 nitrogen and oxygen atoms in total. The van der Waals surface area contributed by atoms with Crippen LogP contribution in [0.25, 0.3) is 17.0 Å². The van der Waals surface area contributed by atoms with Crippen LogP contribution in [-0.4, -0.2) is 41.1 Å². The van der Waals surface area contributed by atoms with Gasteiger partial charge in [-0.3, -0.25) is 4.68 Å². The monoisotopic (exact) mass is 374 g/mol. The molecule has 28 heavy (non-hydrogen) atoms. The minimum absolute atomic E-state index is 0.437. The van der Waals surface area contributed by atoms with E-state index < -0.39 is 0 Å². The second-order valence-corrected chi connectivity index (χ2v) is 7.27. The number of anilines is 1. The molecule has 0 aromatic carbocycles. The van der Waals surface area contributed by atoms with Gasteiger partial charge in [0.1, 0.15) is 11.5 Å². The zero-order chi connectivity index (χ0) is 19.3. The van der Waals surface area contributed by atoms with E-state index in [4.69, 9.17) is 5.10 Å². The maximum Gasteiger partial charge on any atom is 0.177 e. The van der Waals surface area contributed by atoms with Crippen molar-refractivity contribution in [3.05, 3.63) is 53.6 Å². The maximum atomic E-state index is 4.77. The topological polar surface area (TPSA) is 85.8 Å². The highest BCUT2D eigenvalue weighted by atomic mass is 15.4. The first-order valence-electron chi connectivity index (χ1n) is 9.57. The molecule has 0 radical (unpaired) electrons. The van der Waals surface area contributed by atoms with Crippen LogP contribution in [-0.2, 0) is 7.05 Å². The molecule has 1 fully saturated rings. The van der Waals surface area contributed by atoms with Crippen molar-refractivity contribution in [2.45, 2.75) is 32.1 Å². The van der Waals surface area contributed by atoms with Gasteiger partial charge in [-0.2, -0.15) is 14.7 Å². The van der Waals surface area contributed by atoms with Crippen LogP contribution in [0.1, 0.15) is 42.3 Å². The highest BCUT2D eigenvalue weighted by Crippen LogP contribution is 2.54. The van der Waals surface area contributed by atoms with E-state index in [9.17, 15) is 0 Å². The summed E-state index contributed by atoms with van der Waals surface area (Å²) in [5, 5.41) is 20.9. The van der Waals surface area contributed by atoms with E-state index in [1.54, 1.807) is 4.52 Å². The van der Waals surface area contributed by atoms with E-state index in [0.717, 1.165) is 47.3 Å². The van der Waals surface area contributed by atoms with Gasteiger partial charge in [0.25, 0.3) is 0 Å². The van der Waals surface area contributed by atoms with E-state index in [-0.39, 0.29) is 0 Å².